The van der Waals surface area contributed by atoms with Gasteiger partial charge < -0.3 is 10.2 Å². The molecule has 0 aliphatic heterocycles. The van der Waals surface area contributed by atoms with E-state index < -0.39 is 17.4 Å². The van der Waals surface area contributed by atoms with Crippen LogP contribution in [0.25, 0.3) is 0 Å². The van der Waals surface area contributed by atoms with Gasteiger partial charge in [0.1, 0.15) is 0 Å². The van der Waals surface area contributed by atoms with Crippen molar-refractivity contribution in [1.82, 2.24) is 0 Å². The van der Waals surface area contributed by atoms with E-state index >= 15 is 0 Å². The zero-order valence-electron chi connectivity index (χ0n) is 18.3. The molecule has 1 fully saturated rings. The first-order chi connectivity index (χ1) is 14.9. The Labute approximate surface area is 203 Å². The molecule has 0 spiro atoms. The van der Waals surface area contributed by atoms with E-state index in [1.807, 2.05) is 12.1 Å². The van der Waals surface area contributed by atoms with Gasteiger partial charge in [0.05, 0.1) is 11.0 Å². The highest BCUT2D eigenvalue weighted by atomic mass is 79.9. The average Bonchev–Trinajstić information content (AvgIpc) is 3.23. The SMILES string of the molecule is O=C(O)c1ccccc1CCCCCCCC(Br)C(Br)CCCC1(C(=O)O)CCCC1. The number of hydrogen-bond acceptors (Lipinski definition) is 2. The normalized spacial score (nSPS) is 17.4. The largest absolute Gasteiger partial charge is 0.481 e. The van der Waals surface area contributed by atoms with Gasteiger partial charge in [0.15, 0.2) is 0 Å². The second-order valence-electron chi connectivity index (χ2n) is 8.99. The van der Waals surface area contributed by atoms with E-state index in [1.165, 1.54) is 19.3 Å². The molecule has 0 aromatic heterocycles. The molecule has 6 heteroatoms. The van der Waals surface area contributed by atoms with Crippen LogP contribution in [0.2, 0.25) is 0 Å². The summed E-state index contributed by atoms with van der Waals surface area (Å²) in [5, 5.41) is 18.8. The number of halogens is 2. The van der Waals surface area contributed by atoms with Crippen LogP contribution in [0.3, 0.4) is 0 Å². The number of carbonyl (C=O) groups is 2. The standard InChI is InChI=1S/C25H36Br2O4/c26-21(22(27)15-10-18-25(24(30)31)16-8-9-17-25)14-5-3-1-2-4-11-19-12-6-7-13-20(19)23(28)29/h6-7,12-13,21-22H,1-5,8-11,14-18H2,(H,28,29)(H,30,31). The monoisotopic (exact) mass is 558 g/mol. The fraction of sp³-hybridized carbons (Fsp3) is 0.680. The third-order valence-corrected chi connectivity index (χ3v) is 9.62. The summed E-state index contributed by atoms with van der Waals surface area (Å²) in [6.07, 6.45) is 14.2. The fourth-order valence-electron chi connectivity index (χ4n) is 4.75. The number of hydrogen-bond donors (Lipinski definition) is 2. The van der Waals surface area contributed by atoms with Crippen molar-refractivity contribution in [3.05, 3.63) is 35.4 Å². The lowest BCUT2D eigenvalue weighted by atomic mass is 9.81. The Morgan fingerprint density at radius 2 is 1.45 bits per heavy atom. The lowest BCUT2D eigenvalue weighted by Gasteiger charge is -2.25. The van der Waals surface area contributed by atoms with Crippen LogP contribution < -0.4 is 0 Å². The van der Waals surface area contributed by atoms with Crippen molar-refractivity contribution in [2.75, 3.05) is 0 Å². The van der Waals surface area contributed by atoms with Crippen molar-refractivity contribution in [1.29, 1.82) is 0 Å². The van der Waals surface area contributed by atoms with E-state index in [0.717, 1.165) is 76.2 Å². The number of aliphatic carboxylic acids is 1. The number of aromatic carboxylic acids is 1. The first-order valence-electron chi connectivity index (χ1n) is 11.7. The predicted octanol–water partition coefficient (Wildman–Crippen LogP) is 7.61. The molecule has 4 nitrogen and oxygen atoms in total. The summed E-state index contributed by atoms with van der Waals surface area (Å²) in [6.45, 7) is 0. The molecule has 1 aliphatic rings. The minimum absolute atomic E-state index is 0.382. The molecule has 1 aromatic rings. The van der Waals surface area contributed by atoms with Crippen molar-refractivity contribution < 1.29 is 19.8 Å². The molecule has 1 aliphatic carbocycles. The van der Waals surface area contributed by atoms with Gasteiger partial charge >= 0.3 is 11.9 Å². The Hall–Kier alpha value is -0.880. The van der Waals surface area contributed by atoms with E-state index in [2.05, 4.69) is 31.9 Å². The minimum Gasteiger partial charge on any atom is -0.481 e. The quantitative estimate of drug-likeness (QED) is 0.171. The van der Waals surface area contributed by atoms with Crippen molar-refractivity contribution in [3.8, 4) is 0 Å². The molecule has 1 aromatic carbocycles. The Kier molecular flexibility index (Phi) is 11.6. The number of carboxylic acid groups (broad SMARTS) is 2. The van der Waals surface area contributed by atoms with Gasteiger partial charge in [-0.15, -0.1) is 0 Å². The zero-order chi connectivity index (χ0) is 22.7. The summed E-state index contributed by atoms with van der Waals surface area (Å²) in [4.78, 5) is 23.7. The molecule has 0 amide bonds. The number of aryl methyl sites for hydroxylation is 1. The molecule has 174 valence electrons. The summed E-state index contributed by atoms with van der Waals surface area (Å²) in [5.41, 5.74) is 0.898. The molecule has 0 heterocycles. The Balaban J connectivity index is 1.55. The topological polar surface area (TPSA) is 74.6 Å². The summed E-state index contributed by atoms with van der Waals surface area (Å²) in [5.74, 6) is -1.44. The molecule has 2 N–H and O–H groups in total. The van der Waals surface area contributed by atoms with Crippen molar-refractivity contribution in [2.24, 2.45) is 5.41 Å². The van der Waals surface area contributed by atoms with Gasteiger partial charge in [-0.2, -0.15) is 0 Å². The maximum atomic E-state index is 11.7. The molecule has 0 radical (unpaired) electrons. The van der Waals surface area contributed by atoms with E-state index in [-0.39, 0.29) is 0 Å². The molecule has 2 atom stereocenters. The van der Waals surface area contributed by atoms with E-state index in [4.69, 9.17) is 0 Å². The predicted molar refractivity (Wildman–Crippen MR) is 133 cm³/mol. The lowest BCUT2D eigenvalue weighted by molar-refractivity contribution is -0.149. The molecule has 0 bridgehead atoms. The maximum Gasteiger partial charge on any atom is 0.335 e. The van der Waals surface area contributed by atoms with Gasteiger partial charge in [0.2, 0.25) is 0 Å². The summed E-state index contributed by atoms with van der Waals surface area (Å²) in [6, 6.07) is 7.28. The van der Waals surface area contributed by atoms with E-state index in [9.17, 15) is 19.8 Å². The van der Waals surface area contributed by atoms with Gasteiger partial charge in [-0.3, -0.25) is 4.79 Å². The second kappa shape index (κ2) is 13.6. The smallest absolute Gasteiger partial charge is 0.335 e. The van der Waals surface area contributed by atoms with Gasteiger partial charge in [-0.1, -0.05) is 95.0 Å². The lowest BCUT2D eigenvalue weighted by Crippen LogP contribution is -2.28. The average molecular weight is 560 g/mol. The number of alkyl halides is 2. The van der Waals surface area contributed by atoms with E-state index in [1.54, 1.807) is 12.1 Å². The van der Waals surface area contributed by atoms with Gasteiger partial charge in [-0.25, -0.2) is 4.79 Å². The molecule has 0 saturated heterocycles. The van der Waals surface area contributed by atoms with Crippen LogP contribution in [-0.2, 0) is 11.2 Å². The van der Waals surface area contributed by atoms with Crippen LogP contribution in [0.4, 0.5) is 0 Å². The van der Waals surface area contributed by atoms with Crippen LogP contribution in [0.15, 0.2) is 24.3 Å². The number of benzene rings is 1. The molecule has 1 saturated carbocycles. The van der Waals surface area contributed by atoms with Crippen LogP contribution in [0, 0.1) is 5.41 Å². The first-order valence-corrected chi connectivity index (χ1v) is 13.5. The highest BCUT2D eigenvalue weighted by Crippen LogP contribution is 2.43. The Morgan fingerprint density at radius 3 is 2.10 bits per heavy atom. The third-order valence-electron chi connectivity index (χ3n) is 6.72. The second-order valence-corrected chi connectivity index (χ2v) is 11.3. The summed E-state index contributed by atoms with van der Waals surface area (Å²) in [7, 11) is 0. The fourth-order valence-corrected chi connectivity index (χ4v) is 5.93. The van der Waals surface area contributed by atoms with E-state index in [0.29, 0.717) is 15.2 Å². The highest BCUT2D eigenvalue weighted by molar-refractivity contribution is 9.12. The Bertz CT molecular complexity index is 701. The Morgan fingerprint density at radius 1 is 0.871 bits per heavy atom. The molecular formula is C25H36Br2O4. The molecule has 2 rings (SSSR count). The number of rotatable bonds is 15. The summed E-state index contributed by atoms with van der Waals surface area (Å²) < 4.78 is 0. The van der Waals surface area contributed by atoms with Crippen molar-refractivity contribution in [2.45, 2.75) is 99.5 Å². The minimum atomic E-state index is -0.843. The van der Waals surface area contributed by atoms with Gasteiger partial charge in [0.25, 0.3) is 0 Å². The highest BCUT2D eigenvalue weighted by Gasteiger charge is 2.40. The summed E-state index contributed by atoms with van der Waals surface area (Å²) >= 11 is 7.62. The molecule has 31 heavy (non-hydrogen) atoms. The molecule has 2 unspecified atom stereocenters. The van der Waals surface area contributed by atoms with Crippen LogP contribution in [-0.4, -0.2) is 31.8 Å². The third kappa shape index (κ3) is 8.53. The van der Waals surface area contributed by atoms with Crippen molar-refractivity contribution >= 4 is 43.8 Å². The van der Waals surface area contributed by atoms with Gasteiger partial charge in [-0.05, 0) is 56.6 Å². The zero-order valence-corrected chi connectivity index (χ0v) is 21.5. The van der Waals surface area contributed by atoms with Crippen molar-refractivity contribution in [3.63, 3.8) is 0 Å². The van der Waals surface area contributed by atoms with Gasteiger partial charge in [0, 0.05) is 9.65 Å². The first kappa shape index (κ1) is 26.4. The van der Waals surface area contributed by atoms with Crippen LogP contribution >= 0.6 is 31.9 Å². The van der Waals surface area contributed by atoms with Crippen LogP contribution in [0.5, 0.6) is 0 Å². The number of unbranched alkanes of at least 4 members (excludes halogenated alkanes) is 4. The number of carboxylic acids is 2. The molecular weight excluding hydrogens is 524 g/mol. The maximum absolute atomic E-state index is 11.7. The van der Waals surface area contributed by atoms with Crippen LogP contribution in [0.1, 0.15) is 99.4 Å².